The van der Waals surface area contributed by atoms with Crippen LogP contribution >= 0.6 is 0 Å². The monoisotopic (exact) mass is 548 g/mol. The van der Waals surface area contributed by atoms with E-state index < -0.39 is 11.8 Å². The number of carbonyl (C=O) groups excluding carboxylic acids is 2. The van der Waals surface area contributed by atoms with Gasteiger partial charge in [-0.05, 0) is 65.2 Å². The fraction of sp³-hybridized carbons (Fsp3) is 0.121. The van der Waals surface area contributed by atoms with E-state index in [2.05, 4.69) is 15.8 Å². The molecule has 8 nitrogen and oxygen atoms in total. The molecule has 0 atom stereocenters. The summed E-state index contributed by atoms with van der Waals surface area (Å²) >= 11 is 0. The quantitative estimate of drug-likeness (QED) is 0.152. The van der Waals surface area contributed by atoms with Gasteiger partial charge >= 0.3 is 0 Å². The van der Waals surface area contributed by atoms with Crippen molar-refractivity contribution in [2.24, 2.45) is 5.10 Å². The predicted molar refractivity (Wildman–Crippen MR) is 162 cm³/mol. The average Bonchev–Trinajstić information content (AvgIpc) is 3.01. The highest BCUT2D eigenvalue weighted by Crippen LogP contribution is 2.28. The molecule has 0 radical (unpaired) electrons. The van der Waals surface area contributed by atoms with Crippen molar-refractivity contribution in [1.82, 2.24) is 10.7 Å². The number of amides is 2. The Hall–Kier alpha value is -5.37. The molecular formula is C33H32N4O4. The third kappa shape index (κ3) is 8.31. The van der Waals surface area contributed by atoms with Gasteiger partial charge in [0.1, 0.15) is 12.3 Å². The van der Waals surface area contributed by atoms with Gasteiger partial charge in [0, 0.05) is 25.3 Å². The van der Waals surface area contributed by atoms with Crippen molar-refractivity contribution < 1.29 is 19.1 Å². The SMILES string of the molecule is COc1cc(/C=N/NC(=O)/C(=C\c2ccc(N(C)C)cc2)NC(=O)c2ccccc2)ccc1OCc1ccccc1. The predicted octanol–water partition coefficient (Wildman–Crippen LogP) is 5.26. The van der Waals surface area contributed by atoms with Gasteiger partial charge in [0.05, 0.1) is 13.3 Å². The number of carbonyl (C=O) groups is 2. The number of hydrogen-bond acceptors (Lipinski definition) is 6. The number of ether oxygens (including phenoxy) is 2. The number of hydrogen-bond donors (Lipinski definition) is 2. The van der Waals surface area contributed by atoms with Gasteiger partial charge in [-0.2, -0.15) is 5.10 Å². The fourth-order valence-corrected chi connectivity index (χ4v) is 3.82. The minimum atomic E-state index is -0.572. The standard InChI is InChI=1S/C33H32N4O4/c1-37(2)28-17-14-24(15-18-28)20-29(35-32(38)27-12-8-5-9-13-27)33(39)36-34-22-26-16-19-30(31(21-26)40-3)41-23-25-10-6-4-7-11-25/h4-22H,23H2,1-3H3,(H,35,38)(H,36,39)/b29-20+,34-22+. The normalized spacial score (nSPS) is 11.1. The summed E-state index contributed by atoms with van der Waals surface area (Å²) in [5.74, 6) is 0.147. The zero-order chi connectivity index (χ0) is 29.0. The van der Waals surface area contributed by atoms with Crippen LogP contribution < -0.4 is 25.1 Å². The van der Waals surface area contributed by atoms with Gasteiger partial charge in [-0.15, -0.1) is 0 Å². The van der Waals surface area contributed by atoms with Crippen LogP contribution in [0.25, 0.3) is 6.08 Å². The summed E-state index contributed by atoms with van der Waals surface area (Å²) in [5.41, 5.74) is 6.47. The first kappa shape index (κ1) is 28.6. The molecule has 0 aliphatic rings. The van der Waals surface area contributed by atoms with Gasteiger partial charge in [-0.25, -0.2) is 5.43 Å². The largest absolute Gasteiger partial charge is 0.493 e. The first-order valence-electron chi connectivity index (χ1n) is 13.0. The molecule has 2 amide bonds. The van der Waals surface area contributed by atoms with Crippen LogP contribution in [-0.2, 0) is 11.4 Å². The van der Waals surface area contributed by atoms with Crippen molar-refractivity contribution in [2.45, 2.75) is 6.61 Å². The summed E-state index contributed by atoms with van der Waals surface area (Å²) in [6.07, 6.45) is 3.09. The lowest BCUT2D eigenvalue weighted by molar-refractivity contribution is -0.117. The van der Waals surface area contributed by atoms with E-state index in [0.29, 0.717) is 29.2 Å². The molecule has 0 spiro atoms. The van der Waals surface area contributed by atoms with Crippen LogP contribution in [0, 0.1) is 0 Å². The zero-order valence-corrected chi connectivity index (χ0v) is 23.2. The summed E-state index contributed by atoms with van der Waals surface area (Å²) in [6.45, 7) is 0.405. The van der Waals surface area contributed by atoms with Crippen molar-refractivity contribution >= 4 is 29.8 Å². The summed E-state index contributed by atoms with van der Waals surface area (Å²) in [5, 5.41) is 6.81. The molecule has 0 heterocycles. The minimum Gasteiger partial charge on any atom is -0.493 e. The highest BCUT2D eigenvalue weighted by Gasteiger charge is 2.14. The zero-order valence-electron chi connectivity index (χ0n) is 23.2. The van der Waals surface area contributed by atoms with Crippen LogP contribution in [0.5, 0.6) is 11.5 Å². The molecular weight excluding hydrogens is 516 g/mol. The molecule has 4 aromatic carbocycles. The van der Waals surface area contributed by atoms with Crippen LogP contribution in [0.3, 0.4) is 0 Å². The number of anilines is 1. The van der Waals surface area contributed by atoms with Gasteiger partial charge in [0.15, 0.2) is 11.5 Å². The summed E-state index contributed by atoms with van der Waals surface area (Å²) in [7, 11) is 5.45. The Labute approximate surface area is 239 Å². The van der Waals surface area contributed by atoms with E-state index in [1.165, 1.54) is 6.21 Å². The highest BCUT2D eigenvalue weighted by atomic mass is 16.5. The molecule has 208 valence electrons. The van der Waals surface area contributed by atoms with Gasteiger partial charge < -0.3 is 19.7 Å². The van der Waals surface area contributed by atoms with Gasteiger partial charge in [0.2, 0.25) is 0 Å². The Bertz CT molecular complexity index is 1520. The Morgan fingerprint density at radius 3 is 2.15 bits per heavy atom. The van der Waals surface area contributed by atoms with E-state index in [1.807, 2.05) is 79.7 Å². The first-order chi connectivity index (χ1) is 19.9. The van der Waals surface area contributed by atoms with Gasteiger partial charge in [-0.3, -0.25) is 9.59 Å². The lowest BCUT2D eigenvalue weighted by Crippen LogP contribution is -2.32. The molecule has 0 saturated carbocycles. The maximum Gasteiger partial charge on any atom is 0.287 e. The Morgan fingerprint density at radius 2 is 1.49 bits per heavy atom. The van der Waals surface area contributed by atoms with Crippen molar-refractivity contribution in [3.05, 3.63) is 131 Å². The van der Waals surface area contributed by atoms with Crippen molar-refractivity contribution in [3.8, 4) is 11.5 Å². The second kappa shape index (κ2) is 14.1. The van der Waals surface area contributed by atoms with Gasteiger partial charge in [-0.1, -0.05) is 60.7 Å². The second-order valence-corrected chi connectivity index (χ2v) is 9.25. The van der Waals surface area contributed by atoms with E-state index in [4.69, 9.17) is 9.47 Å². The summed E-state index contributed by atoms with van der Waals surface area (Å²) in [4.78, 5) is 27.9. The van der Waals surface area contributed by atoms with Crippen molar-refractivity contribution in [2.75, 3.05) is 26.1 Å². The van der Waals surface area contributed by atoms with E-state index >= 15 is 0 Å². The van der Waals surface area contributed by atoms with Crippen molar-refractivity contribution in [3.63, 3.8) is 0 Å². The topological polar surface area (TPSA) is 92.3 Å². The lowest BCUT2D eigenvalue weighted by atomic mass is 10.1. The first-order valence-corrected chi connectivity index (χ1v) is 13.0. The fourth-order valence-electron chi connectivity index (χ4n) is 3.82. The molecule has 8 heteroatoms. The number of nitrogens with zero attached hydrogens (tertiary/aromatic N) is 2. The highest BCUT2D eigenvalue weighted by molar-refractivity contribution is 6.05. The molecule has 0 fully saturated rings. The van der Waals surface area contributed by atoms with Gasteiger partial charge in [0.25, 0.3) is 11.8 Å². The van der Waals surface area contributed by atoms with E-state index in [9.17, 15) is 9.59 Å². The second-order valence-electron chi connectivity index (χ2n) is 9.25. The minimum absolute atomic E-state index is 0.0517. The Balaban J connectivity index is 1.47. The molecule has 0 bridgehead atoms. The molecule has 2 N–H and O–H groups in total. The molecule has 0 saturated heterocycles. The summed E-state index contributed by atoms with van der Waals surface area (Å²) in [6, 6.07) is 31.5. The number of benzene rings is 4. The van der Waals surface area contributed by atoms with Crippen molar-refractivity contribution in [1.29, 1.82) is 0 Å². The number of rotatable bonds is 11. The van der Waals surface area contributed by atoms with E-state index in [1.54, 1.807) is 55.7 Å². The molecule has 0 aliphatic heterocycles. The van der Waals surface area contributed by atoms with Crippen LogP contribution in [0.15, 0.2) is 114 Å². The Morgan fingerprint density at radius 1 is 0.829 bits per heavy atom. The smallest absolute Gasteiger partial charge is 0.287 e. The average molecular weight is 549 g/mol. The number of methoxy groups -OCH3 is 1. The molecule has 4 aromatic rings. The molecule has 41 heavy (non-hydrogen) atoms. The molecule has 0 unspecified atom stereocenters. The van der Waals surface area contributed by atoms with Crippen LogP contribution in [0.1, 0.15) is 27.0 Å². The third-order valence-electron chi connectivity index (χ3n) is 6.05. The number of hydrazone groups is 1. The van der Waals surface area contributed by atoms with E-state index in [0.717, 1.165) is 16.8 Å². The molecule has 0 aliphatic carbocycles. The summed E-state index contributed by atoms with van der Waals surface area (Å²) < 4.78 is 11.4. The lowest BCUT2D eigenvalue weighted by Gasteiger charge is -2.13. The van der Waals surface area contributed by atoms with Crippen LogP contribution in [-0.4, -0.2) is 39.2 Å². The van der Waals surface area contributed by atoms with Crippen LogP contribution in [0.4, 0.5) is 5.69 Å². The number of nitrogens with one attached hydrogen (secondary N) is 2. The molecule has 0 aromatic heterocycles. The maximum atomic E-state index is 13.1. The van der Waals surface area contributed by atoms with E-state index in [-0.39, 0.29) is 5.70 Å². The molecule has 4 rings (SSSR count). The maximum absolute atomic E-state index is 13.1. The van der Waals surface area contributed by atoms with Crippen LogP contribution in [0.2, 0.25) is 0 Å². The third-order valence-corrected chi connectivity index (χ3v) is 6.05. The Kier molecular flexibility index (Phi) is 9.87.